The first kappa shape index (κ1) is 18.2. The quantitative estimate of drug-likeness (QED) is 0.831. The molecule has 0 aromatic carbocycles. The average molecular weight is 371 g/mol. The van der Waals surface area contributed by atoms with E-state index in [-0.39, 0.29) is 5.41 Å². The molecular formula is C20H30N6O. The molecule has 0 aliphatic carbocycles. The van der Waals surface area contributed by atoms with Gasteiger partial charge in [-0.25, -0.2) is 0 Å². The van der Waals surface area contributed by atoms with E-state index in [1.54, 1.807) is 0 Å². The van der Waals surface area contributed by atoms with Crippen molar-refractivity contribution in [3.05, 3.63) is 18.0 Å². The third kappa shape index (κ3) is 3.77. The Hall–Kier alpha value is -2.18. The van der Waals surface area contributed by atoms with Gasteiger partial charge < -0.3 is 9.80 Å². The highest BCUT2D eigenvalue weighted by molar-refractivity contribution is 5.76. The Labute approximate surface area is 160 Å². The van der Waals surface area contributed by atoms with Crippen molar-refractivity contribution in [3.8, 4) is 0 Å². The second-order valence-electron chi connectivity index (χ2n) is 8.96. The standard InChI is InChI=1S/C20H30N6O/c1-20(2,3)19-22-21-16-6-7-17(23-26(16)19)24-12-8-15(9-13-24)14-18(27)25-10-4-5-11-25/h6-7,15H,4-5,8-14H2,1-3H3. The first-order valence-electron chi connectivity index (χ1n) is 10.2. The van der Waals surface area contributed by atoms with Crippen molar-refractivity contribution in [2.45, 2.75) is 58.3 Å². The lowest BCUT2D eigenvalue weighted by Gasteiger charge is -2.33. The Morgan fingerprint density at radius 1 is 1.07 bits per heavy atom. The van der Waals surface area contributed by atoms with Gasteiger partial charge in [0.2, 0.25) is 5.91 Å². The zero-order valence-electron chi connectivity index (χ0n) is 16.7. The molecule has 0 atom stereocenters. The smallest absolute Gasteiger partial charge is 0.222 e. The maximum atomic E-state index is 12.4. The van der Waals surface area contributed by atoms with E-state index in [4.69, 9.17) is 5.10 Å². The van der Waals surface area contributed by atoms with Crippen molar-refractivity contribution in [3.63, 3.8) is 0 Å². The molecule has 2 aliphatic rings. The molecule has 0 spiro atoms. The fourth-order valence-electron chi connectivity index (χ4n) is 4.12. The minimum atomic E-state index is -0.103. The lowest BCUT2D eigenvalue weighted by atomic mass is 9.93. The zero-order valence-corrected chi connectivity index (χ0v) is 16.7. The van der Waals surface area contributed by atoms with Gasteiger partial charge in [0.05, 0.1) is 0 Å². The van der Waals surface area contributed by atoms with Gasteiger partial charge in [0.15, 0.2) is 11.5 Å². The van der Waals surface area contributed by atoms with E-state index in [9.17, 15) is 4.79 Å². The molecule has 0 unspecified atom stereocenters. The first-order chi connectivity index (χ1) is 12.9. The maximum Gasteiger partial charge on any atom is 0.222 e. The van der Waals surface area contributed by atoms with Crippen molar-refractivity contribution in [1.29, 1.82) is 0 Å². The maximum absolute atomic E-state index is 12.4. The number of piperidine rings is 1. The monoisotopic (exact) mass is 370 g/mol. The predicted octanol–water partition coefficient (Wildman–Crippen LogP) is 2.65. The van der Waals surface area contributed by atoms with Gasteiger partial charge in [0.25, 0.3) is 0 Å². The van der Waals surface area contributed by atoms with Crippen LogP contribution in [-0.4, -0.2) is 56.8 Å². The van der Waals surface area contributed by atoms with Gasteiger partial charge in [-0.2, -0.15) is 4.52 Å². The fraction of sp³-hybridized carbons (Fsp3) is 0.700. The van der Waals surface area contributed by atoms with Crippen LogP contribution in [-0.2, 0) is 10.2 Å². The van der Waals surface area contributed by atoms with Crippen LogP contribution in [0.4, 0.5) is 5.82 Å². The molecule has 0 saturated carbocycles. The molecule has 2 aromatic rings. The van der Waals surface area contributed by atoms with Crippen LogP contribution in [0.15, 0.2) is 12.1 Å². The number of likely N-dealkylation sites (tertiary alicyclic amines) is 1. The van der Waals surface area contributed by atoms with E-state index in [0.717, 1.165) is 69.2 Å². The molecule has 2 saturated heterocycles. The van der Waals surface area contributed by atoms with Gasteiger partial charge in [-0.3, -0.25) is 4.79 Å². The van der Waals surface area contributed by atoms with Crippen molar-refractivity contribution >= 4 is 17.4 Å². The number of carbonyl (C=O) groups is 1. The summed E-state index contributed by atoms with van der Waals surface area (Å²) in [5.74, 6) is 2.70. The number of carbonyl (C=O) groups excluding carboxylic acids is 1. The Kier molecular flexibility index (Phi) is 4.78. The van der Waals surface area contributed by atoms with Crippen LogP contribution in [0, 0.1) is 5.92 Å². The van der Waals surface area contributed by atoms with E-state index in [1.165, 1.54) is 0 Å². The topological polar surface area (TPSA) is 66.6 Å². The summed E-state index contributed by atoms with van der Waals surface area (Å²) < 4.78 is 1.87. The number of fused-ring (bicyclic) bond motifs is 1. The molecular weight excluding hydrogens is 340 g/mol. The minimum absolute atomic E-state index is 0.103. The first-order valence-corrected chi connectivity index (χ1v) is 10.2. The van der Waals surface area contributed by atoms with Crippen molar-refractivity contribution in [2.24, 2.45) is 5.92 Å². The summed E-state index contributed by atoms with van der Waals surface area (Å²) in [5.41, 5.74) is 0.684. The molecule has 7 nitrogen and oxygen atoms in total. The van der Waals surface area contributed by atoms with Gasteiger partial charge in [-0.15, -0.1) is 15.3 Å². The molecule has 1 amide bonds. The summed E-state index contributed by atoms with van der Waals surface area (Å²) >= 11 is 0. The SMILES string of the molecule is CC(C)(C)c1nnc2ccc(N3CCC(CC(=O)N4CCCC4)CC3)nn12. The fourth-order valence-corrected chi connectivity index (χ4v) is 4.12. The molecule has 2 aliphatic heterocycles. The van der Waals surface area contributed by atoms with Gasteiger partial charge in [0.1, 0.15) is 5.82 Å². The summed E-state index contributed by atoms with van der Waals surface area (Å²) in [7, 11) is 0. The lowest BCUT2D eigenvalue weighted by Crippen LogP contribution is -2.37. The van der Waals surface area contributed by atoms with E-state index >= 15 is 0 Å². The molecule has 7 heteroatoms. The number of amides is 1. The molecule has 2 fully saturated rings. The van der Waals surface area contributed by atoms with Gasteiger partial charge in [-0.05, 0) is 43.7 Å². The van der Waals surface area contributed by atoms with Crippen LogP contribution in [0.3, 0.4) is 0 Å². The zero-order chi connectivity index (χ0) is 19.0. The number of aromatic nitrogens is 4. The molecule has 146 valence electrons. The molecule has 2 aromatic heterocycles. The second kappa shape index (κ2) is 7.09. The highest BCUT2D eigenvalue weighted by Gasteiger charge is 2.27. The van der Waals surface area contributed by atoms with E-state index in [1.807, 2.05) is 21.5 Å². The molecule has 4 heterocycles. The summed E-state index contributed by atoms with van der Waals surface area (Å²) in [4.78, 5) is 16.8. The van der Waals surface area contributed by atoms with Crippen LogP contribution in [0.25, 0.3) is 5.65 Å². The number of hydrogen-bond donors (Lipinski definition) is 0. The largest absolute Gasteiger partial charge is 0.355 e. The van der Waals surface area contributed by atoms with Crippen LogP contribution in [0.1, 0.15) is 58.7 Å². The van der Waals surface area contributed by atoms with E-state index in [0.29, 0.717) is 18.2 Å². The number of nitrogens with zero attached hydrogens (tertiary/aromatic N) is 6. The van der Waals surface area contributed by atoms with Crippen LogP contribution < -0.4 is 4.90 Å². The third-order valence-electron chi connectivity index (χ3n) is 5.78. The Balaban J connectivity index is 1.41. The summed E-state index contributed by atoms with van der Waals surface area (Å²) in [5, 5.41) is 13.4. The summed E-state index contributed by atoms with van der Waals surface area (Å²) in [6.07, 6.45) is 5.14. The third-order valence-corrected chi connectivity index (χ3v) is 5.78. The highest BCUT2D eigenvalue weighted by Crippen LogP contribution is 2.26. The van der Waals surface area contributed by atoms with Crippen molar-refractivity contribution in [1.82, 2.24) is 24.7 Å². The Morgan fingerprint density at radius 3 is 2.44 bits per heavy atom. The van der Waals surface area contributed by atoms with Gasteiger partial charge in [0, 0.05) is 38.0 Å². The normalized spacial score (nSPS) is 19.2. The van der Waals surface area contributed by atoms with Crippen molar-refractivity contribution in [2.75, 3.05) is 31.1 Å². The Morgan fingerprint density at radius 2 is 1.78 bits per heavy atom. The molecule has 0 bridgehead atoms. The molecule has 27 heavy (non-hydrogen) atoms. The van der Waals surface area contributed by atoms with Gasteiger partial charge in [-0.1, -0.05) is 20.8 Å². The number of rotatable bonds is 3. The van der Waals surface area contributed by atoms with Crippen LogP contribution in [0.5, 0.6) is 0 Å². The summed E-state index contributed by atoms with van der Waals surface area (Å²) in [6.45, 7) is 10.2. The van der Waals surface area contributed by atoms with Crippen LogP contribution >= 0.6 is 0 Å². The van der Waals surface area contributed by atoms with Crippen LogP contribution in [0.2, 0.25) is 0 Å². The Bertz CT molecular complexity index is 809. The van der Waals surface area contributed by atoms with E-state index < -0.39 is 0 Å². The van der Waals surface area contributed by atoms with Crippen molar-refractivity contribution < 1.29 is 4.79 Å². The average Bonchev–Trinajstić information content (AvgIpc) is 3.31. The van der Waals surface area contributed by atoms with Gasteiger partial charge >= 0.3 is 0 Å². The minimum Gasteiger partial charge on any atom is -0.355 e. The molecule has 4 rings (SSSR count). The predicted molar refractivity (Wildman–Crippen MR) is 105 cm³/mol. The second-order valence-corrected chi connectivity index (χ2v) is 8.96. The number of hydrogen-bond acceptors (Lipinski definition) is 5. The summed E-state index contributed by atoms with van der Waals surface area (Å²) in [6, 6.07) is 4.03. The lowest BCUT2D eigenvalue weighted by molar-refractivity contribution is -0.131. The highest BCUT2D eigenvalue weighted by atomic mass is 16.2. The molecule has 0 radical (unpaired) electrons. The van der Waals surface area contributed by atoms with E-state index in [2.05, 4.69) is 35.9 Å². The number of anilines is 1. The molecule has 0 N–H and O–H groups in total.